The van der Waals surface area contributed by atoms with Crippen molar-refractivity contribution >= 4 is 11.8 Å². The molecule has 0 aromatic heterocycles. The van der Waals surface area contributed by atoms with Gasteiger partial charge in [-0.3, -0.25) is 9.59 Å². The highest BCUT2D eigenvalue weighted by Crippen LogP contribution is 2.11. The van der Waals surface area contributed by atoms with E-state index in [0.717, 1.165) is 26.2 Å². The van der Waals surface area contributed by atoms with Gasteiger partial charge >= 0.3 is 0 Å². The molecule has 0 aromatic carbocycles. The molecule has 1 unspecified atom stereocenters. The summed E-state index contributed by atoms with van der Waals surface area (Å²) >= 11 is 0. The van der Waals surface area contributed by atoms with Crippen LogP contribution in [-0.2, 0) is 9.59 Å². The molecule has 0 radical (unpaired) electrons. The molecule has 0 aromatic rings. The Morgan fingerprint density at radius 2 is 1.33 bits per heavy atom. The Bertz CT molecular complexity index is 259. The topological polar surface area (TPSA) is 40.6 Å². The van der Waals surface area contributed by atoms with E-state index in [1.54, 1.807) is 0 Å². The van der Waals surface area contributed by atoms with E-state index >= 15 is 0 Å². The molecule has 0 rings (SSSR count). The van der Waals surface area contributed by atoms with Crippen molar-refractivity contribution in [3.05, 3.63) is 0 Å². The molecule has 0 aliphatic heterocycles. The van der Waals surface area contributed by atoms with Crippen LogP contribution >= 0.6 is 0 Å². The van der Waals surface area contributed by atoms with Gasteiger partial charge in [0.15, 0.2) is 0 Å². The van der Waals surface area contributed by atoms with Crippen molar-refractivity contribution in [1.29, 1.82) is 0 Å². The molecular weight excluding hydrogens is 228 g/mol. The number of rotatable bonds is 8. The van der Waals surface area contributed by atoms with E-state index in [-0.39, 0.29) is 17.7 Å². The third kappa shape index (κ3) is 5.07. The third-order valence-corrected chi connectivity index (χ3v) is 3.40. The van der Waals surface area contributed by atoms with E-state index in [9.17, 15) is 9.59 Å². The predicted octanol–water partition coefficient (Wildman–Crippen LogP) is 2.14. The highest BCUT2D eigenvalue weighted by Gasteiger charge is 2.20. The van der Waals surface area contributed by atoms with E-state index in [4.69, 9.17) is 0 Å². The van der Waals surface area contributed by atoms with E-state index in [2.05, 4.69) is 0 Å². The van der Waals surface area contributed by atoms with Crippen LogP contribution in [0.1, 0.15) is 47.5 Å². The SMILES string of the molecule is CCN(CC)C(=O)CCC(C)C(=O)N(CC)CC. The second kappa shape index (κ2) is 8.95. The summed E-state index contributed by atoms with van der Waals surface area (Å²) in [6.45, 7) is 12.8. The molecule has 106 valence electrons. The Morgan fingerprint density at radius 1 is 0.889 bits per heavy atom. The van der Waals surface area contributed by atoms with Gasteiger partial charge in [0, 0.05) is 38.5 Å². The van der Waals surface area contributed by atoms with Gasteiger partial charge in [0.1, 0.15) is 0 Å². The number of nitrogens with zero attached hydrogens (tertiary/aromatic N) is 2. The maximum Gasteiger partial charge on any atom is 0.225 e. The Balaban J connectivity index is 4.21. The zero-order chi connectivity index (χ0) is 14.1. The van der Waals surface area contributed by atoms with Gasteiger partial charge in [-0.05, 0) is 34.1 Å². The van der Waals surface area contributed by atoms with Gasteiger partial charge in [0.05, 0.1) is 0 Å². The summed E-state index contributed by atoms with van der Waals surface area (Å²) in [6.07, 6.45) is 1.11. The maximum atomic E-state index is 12.0. The normalized spacial score (nSPS) is 12.1. The molecule has 0 fully saturated rings. The van der Waals surface area contributed by atoms with E-state index in [1.165, 1.54) is 0 Å². The molecule has 0 saturated heterocycles. The van der Waals surface area contributed by atoms with Crippen LogP contribution in [-0.4, -0.2) is 47.8 Å². The summed E-state index contributed by atoms with van der Waals surface area (Å²) in [5.41, 5.74) is 0. The van der Waals surface area contributed by atoms with Crippen LogP contribution in [0.3, 0.4) is 0 Å². The first-order valence-corrected chi connectivity index (χ1v) is 7.08. The molecule has 4 nitrogen and oxygen atoms in total. The molecule has 2 amide bonds. The van der Waals surface area contributed by atoms with Crippen LogP contribution in [0.4, 0.5) is 0 Å². The van der Waals surface area contributed by atoms with Crippen molar-refractivity contribution in [3.63, 3.8) is 0 Å². The molecule has 0 aliphatic carbocycles. The molecule has 0 saturated carbocycles. The number of amides is 2. The number of carbonyl (C=O) groups excluding carboxylic acids is 2. The fraction of sp³-hybridized carbons (Fsp3) is 0.857. The van der Waals surface area contributed by atoms with Gasteiger partial charge in [0.2, 0.25) is 11.8 Å². The second-order valence-corrected chi connectivity index (χ2v) is 4.52. The fourth-order valence-corrected chi connectivity index (χ4v) is 2.04. The highest BCUT2D eigenvalue weighted by atomic mass is 16.2. The van der Waals surface area contributed by atoms with Crippen molar-refractivity contribution in [1.82, 2.24) is 9.80 Å². The lowest BCUT2D eigenvalue weighted by molar-refractivity contribution is -0.135. The Labute approximate surface area is 111 Å². The van der Waals surface area contributed by atoms with Crippen LogP contribution in [0.2, 0.25) is 0 Å². The minimum absolute atomic E-state index is 0.0654. The molecule has 4 heteroatoms. The first-order chi connectivity index (χ1) is 8.51. The molecule has 0 heterocycles. The van der Waals surface area contributed by atoms with Crippen LogP contribution < -0.4 is 0 Å². The molecular formula is C14H28N2O2. The molecule has 0 spiro atoms. The Morgan fingerprint density at radius 3 is 1.72 bits per heavy atom. The van der Waals surface area contributed by atoms with E-state index in [1.807, 2.05) is 44.4 Å². The summed E-state index contributed by atoms with van der Waals surface area (Å²) in [6, 6.07) is 0. The standard InChI is InChI=1S/C14H28N2O2/c1-6-15(7-2)13(17)11-10-12(5)14(18)16(8-3)9-4/h12H,6-11H2,1-5H3. The van der Waals surface area contributed by atoms with Crippen molar-refractivity contribution in [2.45, 2.75) is 47.5 Å². The van der Waals surface area contributed by atoms with Gasteiger partial charge < -0.3 is 9.80 Å². The number of carbonyl (C=O) groups is 2. The number of hydrogen-bond acceptors (Lipinski definition) is 2. The van der Waals surface area contributed by atoms with E-state index < -0.39 is 0 Å². The monoisotopic (exact) mass is 256 g/mol. The van der Waals surface area contributed by atoms with Crippen molar-refractivity contribution in [2.75, 3.05) is 26.2 Å². The molecule has 0 N–H and O–H groups in total. The van der Waals surface area contributed by atoms with Crippen LogP contribution in [0.15, 0.2) is 0 Å². The molecule has 0 aliphatic rings. The summed E-state index contributed by atoms with van der Waals surface area (Å²) in [7, 11) is 0. The van der Waals surface area contributed by atoms with Crippen LogP contribution in [0.5, 0.6) is 0 Å². The third-order valence-electron chi connectivity index (χ3n) is 3.40. The second-order valence-electron chi connectivity index (χ2n) is 4.52. The van der Waals surface area contributed by atoms with Gasteiger partial charge in [-0.1, -0.05) is 6.92 Å². The lowest BCUT2D eigenvalue weighted by Gasteiger charge is -2.24. The molecule has 0 bridgehead atoms. The van der Waals surface area contributed by atoms with Gasteiger partial charge in [-0.15, -0.1) is 0 Å². The first kappa shape index (κ1) is 16.9. The fourth-order valence-electron chi connectivity index (χ4n) is 2.04. The molecule has 1 atom stereocenters. The van der Waals surface area contributed by atoms with Crippen LogP contribution in [0.25, 0.3) is 0 Å². The van der Waals surface area contributed by atoms with Crippen molar-refractivity contribution < 1.29 is 9.59 Å². The Hall–Kier alpha value is -1.06. The summed E-state index contributed by atoms with van der Waals surface area (Å²) in [5.74, 6) is 0.246. The molecule has 18 heavy (non-hydrogen) atoms. The average molecular weight is 256 g/mol. The maximum absolute atomic E-state index is 12.0. The minimum Gasteiger partial charge on any atom is -0.343 e. The van der Waals surface area contributed by atoms with Gasteiger partial charge in [0.25, 0.3) is 0 Å². The lowest BCUT2D eigenvalue weighted by atomic mass is 10.0. The average Bonchev–Trinajstić information content (AvgIpc) is 2.38. The van der Waals surface area contributed by atoms with Crippen molar-refractivity contribution in [3.8, 4) is 0 Å². The smallest absolute Gasteiger partial charge is 0.225 e. The zero-order valence-corrected chi connectivity index (χ0v) is 12.5. The van der Waals surface area contributed by atoms with Crippen molar-refractivity contribution in [2.24, 2.45) is 5.92 Å². The van der Waals surface area contributed by atoms with Crippen LogP contribution in [0, 0.1) is 5.92 Å². The van der Waals surface area contributed by atoms with E-state index in [0.29, 0.717) is 12.8 Å². The van der Waals surface area contributed by atoms with Gasteiger partial charge in [-0.25, -0.2) is 0 Å². The zero-order valence-electron chi connectivity index (χ0n) is 12.5. The summed E-state index contributed by atoms with van der Waals surface area (Å²) < 4.78 is 0. The predicted molar refractivity (Wildman–Crippen MR) is 74.3 cm³/mol. The minimum atomic E-state index is -0.0654. The lowest BCUT2D eigenvalue weighted by Crippen LogP contribution is -2.36. The number of hydrogen-bond donors (Lipinski definition) is 0. The summed E-state index contributed by atoms with van der Waals surface area (Å²) in [4.78, 5) is 27.5. The quantitative estimate of drug-likeness (QED) is 0.667. The first-order valence-electron chi connectivity index (χ1n) is 7.08. The highest BCUT2D eigenvalue weighted by molar-refractivity contribution is 5.80. The Kier molecular flexibility index (Phi) is 8.42. The summed E-state index contributed by atoms with van der Waals surface area (Å²) in [5, 5.41) is 0. The van der Waals surface area contributed by atoms with Gasteiger partial charge in [-0.2, -0.15) is 0 Å². The largest absolute Gasteiger partial charge is 0.343 e.